The fraction of sp³-hybridized carbons (Fsp3) is 0.875. The second kappa shape index (κ2) is 6.77. The predicted molar refractivity (Wildman–Crippen MR) is 81.6 cm³/mol. The molecule has 2 saturated heterocycles. The molecule has 0 bridgehead atoms. The number of nitrogens with one attached hydrogen (secondary N) is 1. The third kappa shape index (κ3) is 3.96. The van der Waals surface area contributed by atoms with Crippen molar-refractivity contribution in [3.8, 4) is 0 Å². The van der Waals surface area contributed by atoms with Gasteiger partial charge in [-0.05, 0) is 25.2 Å². The van der Waals surface area contributed by atoms with Gasteiger partial charge in [-0.2, -0.15) is 0 Å². The maximum absolute atomic E-state index is 12.7. The molecular weight excluding hydrogens is 266 g/mol. The third-order valence-corrected chi connectivity index (χ3v) is 5.19. The summed E-state index contributed by atoms with van der Waals surface area (Å²) in [4.78, 5) is 27.3. The van der Waals surface area contributed by atoms with Gasteiger partial charge in [0.2, 0.25) is 5.91 Å². The Morgan fingerprint density at radius 1 is 1.14 bits per heavy atom. The highest BCUT2D eigenvalue weighted by atomic mass is 16.2. The van der Waals surface area contributed by atoms with Crippen LogP contribution in [0.25, 0.3) is 0 Å². The van der Waals surface area contributed by atoms with Crippen LogP contribution in [0.4, 0.5) is 0 Å². The molecule has 2 aliphatic heterocycles. The van der Waals surface area contributed by atoms with Crippen LogP contribution in [-0.2, 0) is 9.59 Å². The number of carbonyl (C=O) groups is 2. The minimum Gasteiger partial charge on any atom is -0.369 e. The van der Waals surface area contributed by atoms with Crippen molar-refractivity contribution in [1.29, 1.82) is 0 Å². The van der Waals surface area contributed by atoms with E-state index in [1.54, 1.807) is 0 Å². The van der Waals surface area contributed by atoms with Crippen molar-refractivity contribution >= 4 is 11.8 Å². The van der Waals surface area contributed by atoms with Crippen molar-refractivity contribution in [2.45, 2.75) is 46.1 Å². The number of quaternary nitrogens is 1. The van der Waals surface area contributed by atoms with Gasteiger partial charge in [-0.1, -0.05) is 13.8 Å². The van der Waals surface area contributed by atoms with E-state index < -0.39 is 0 Å². The number of hydrogen-bond acceptors (Lipinski definition) is 2. The Labute approximate surface area is 127 Å². The summed E-state index contributed by atoms with van der Waals surface area (Å²) in [5, 5.41) is 0. The molecule has 0 radical (unpaired) electrons. The molecule has 0 aromatic heterocycles. The van der Waals surface area contributed by atoms with Gasteiger partial charge < -0.3 is 15.5 Å². The quantitative estimate of drug-likeness (QED) is 0.748. The number of amides is 2. The van der Waals surface area contributed by atoms with Crippen LogP contribution in [0.3, 0.4) is 0 Å². The number of piperidine rings is 2. The summed E-state index contributed by atoms with van der Waals surface area (Å²) < 4.78 is 0. The van der Waals surface area contributed by atoms with E-state index in [0.29, 0.717) is 11.8 Å². The zero-order valence-electron chi connectivity index (χ0n) is 13.6. The van der Waals surface area contributed by atoms with E-state index in [0.717, 1.165) is 39.0 Å². The van der Waals surface area contributed by atoms with E-state index in [9.17, 15) is 9.59 Å². The van der Waals surface area contributed by atoms with Gasteiger partial charge in [-0.3, -0.25) is 9.59 Å². The topological polar surface area (TPSA) is 67.8 Å². The van der Waals surface area contributed by atoms with Gasteiger partial charge in [-0.25, -0.2) is 0 Å². The summed E-state index contributed by atoms with van der Waals surface area (Å²) in [6.45, 7) is 10.0. The van der Waals surface area contributed by atoms with Crippen molar-refractivity contribution in [1.82, 2.24) is 4.90 Å². The van der Waals surface area contributed by atoms with Crippen LogP contribution < -0.4 is 10.6 Å². The van der Waals surface area contributed by atoms with Crippen LogP contribution in [0, 0.1) is 17.8 Å². The van der Waals surface area contributed by atoms with Gasteiger partial charge in [-0.15, -0.1) is 0 Å². The minimum atomic E-state index is -0.188. The zero-order chi connectivity index (χ0) is 15.6. The zero-order valence-corrected chi connectivity index (χ0v) is 13.6. The summed E-state index contributed by atoms with van der Waals surface area (Å²) >= 11 is 0. The lowest BCUT2D eigenvalue weighted by Gasteiger charge is -2.38. The Kier molecular flexibility index (Phi) is 5.25. The molecule has 3 N–H and O–H groups in total. The molecule has 0 spiro atoms. The van der Waals surface area contributed by atoms with Crippen LogP contribution in [0.5, 0.6) is 0 Å². The Morgan fingerprint density at radius 2 is 1.67 bits per heavy atom. The van der Waals surface area contributed by atoms with E-state index in [2.05, 4.69) is 18.7 Å². The van der Waals surface area contributed by atoms with Gasteiger partial charge in [0.1, 0.15) is 0 Å². The number of rotatable bonds is 3. The van der Waals surface area contributed by atoms with Gasteiger partial charge in [0, 0.05) is 31.8 Å². The van der Waals surface area contributed by atoms with Crippen LogP contribution in [0.1, 0.15) is 40.0 Å². The highest BCUT2D eigenvalue weighted by Crippen LogP contribution is 2.21. The maximum atomic E-state index is 12.7. The van der Waals surface area contributed by atoms with Crippen molar-refractivity contribution in [2.75, 3.05) is 26.2 Å². The molecule has 21 heavy (non-hydrogen) atoms. The molecule has 0 aromatic rings. The Hall–Kier alpha value is -1.10. The average molecular weight is 296 g/mol. The standard InChI is InChI=1S/C16H29N3O2/c1-11-8-12(2)10-19(9-11)16(21)13(3)18-6-4-14(5-7-18)15(17)20/h11-14H,4-10H2,1-3H3,(H2,17,20)/p+1/t11-,12+,13-/m1/s1. The normalized spacial score (nSPS) is 35.3. The molecule has 5 heteroatoms. The highest BCUT2D eigenvalue weighted by Gasteiger charge is 2.36. The third-order valence-electron chi connectivity index (χ3n) is 5.19. The van der Waals surface area contributed by atoms with Crippen molar-refractivity contribution < 1.29 is 14.5 Å². The first-order valence-electron chi connectivity index (χ1n) is 8.31. The first-order valence-corrected chi connectivity index (χ1v) is 8.31. The number of likely N-dealkylation sites (tertiary alicyclic amines) is 2. The molecular formula is C16H30N3O2+. The highest BCUT2D eigenvalue weighted by molar-refractivity contribution is 5.80. The summed E-state index contributed by atoms with van der Waals surface area (Å²) in [6, 6.07) is -0.00340. The molecule has 2 aliphatic rings. The Bertz CT molecular complexity index is 381. The fourth-order valence-corrected chi connectivity index (χ4v) is 4.00. The first kappa shape index (κ1) is 16.3. The van der Waals surface area contributed by atoms with Crippen molar-refractivity contribution in [2.24, 2.45) is 23.5 Å². The largest absolute Gasteiger partial charge is 0.369 e. The molecule has 2 amide bonds. The van der Waals surface area contributed by atoms with E-state index >= 15 is 0 Å². The van der Waals surface area contributed by atoms with Crippen molar-refractivity contribution in [3.05, 3.63) is 0 Å². The summed E-state index contributed by atoms with van der Waals surface area (Å²) in [6.07, 6.45) is 2.85. The average Bonchev–Trinajstić information content (AvgIpc) is 2.44. The SMILES string of the molecule is C[C@@H]1C[C@H](C)CN(C(=O)[C@@H](C)[NH+]2CCC(C(N)=O)CC2)C1. The summed E-state index contributed by atoms with van der Waals surface area (Å²) in [7, 11) is 0. The Balaban J connectivity index is 1.89. The van der Waals surface area contributed by atoms with Gasteiger partial charge in [0.25, 0.3) is 5.91 Å². The van der Waals surface area contributed by atoms with Crippen molar-refractivity contribution in [3.63, 3.8) is 0 Å². The second-order valence-electron chi connectivity index (χ2n) is 7.25. The summed E-state index contributed by atoms with van der Waals surface area (Å²) in [5.74, 6) is 1.29. The number of primary amides is 1. The molecule has 0 aliphatic carbocycles. The van der Waals surface area contributed by atoms with Crippen LogP contribution in [-0.4, -0.2) is 48.9 Å². The van der Waals surface area contributed by atoms with E-state index in [4.69, 9.17) is 5.73 Å². The number of hydrogen-bond donors (Lipinski definition) is 2. The lowest BCUT2D eigenvalue weighted by Crippen LogP contribution is -3.17. The van der Waals surface area contributed by atoms with Crippen LogP contribution in [0.15, 0.2) is 0 Å². The number of nitrogens with two attached hydrogens (primary N) is 1. The van der Waals surface area contributed by atoms with Gasteiger partial charge in [0.05, 0.1) is 13.1 Å². The van der Waals surface area contributed by atoms with E-state index in [-0.39, 0.29) is 23.8 Å². The Morgan fingerprint density at radius 3 is 2.14 bits per heavy atom. The predicted octanol–water partition coefficient (Wildman–Crippen LogP) is -0.340. The lowest BCUT2D eigenvalue weighted by molar-refractivity contribution is -0.920. The molecule has 3 atom stereocenters. The number of carbonyl (C=O) groups excluding carboxylic acids is 2. The molecule has 0 unspecified atom stereocenters. The molecule has 2 rings (SSSR count). The molecule has 5 nitrogen and oxygen atoms in total. The fourth-order valence-electron chi connectivity index (χ4n) is 4.00. The second-order valence-corrected chi connectivity index (χ2v) is 7.25. The van der Waals surface area contributed by atoms with E-state index in [1.165, 1.54) is 11.3 Å². The lowest BCUT2D eigenvalue weighted by atomic mass is 9.91. The van der Waals surface area contributed by atoms with E-state index in [1.807, 2.05) is 6.92 Å². The molecule has 2 heterocycles. The maximum Gasteiger partial charge on any atom is 0.280 e. The minimum absolute atomic E-state index is 0.00340. The van der Waals surface area contributed by atoms with Gasteiger partial charge >= 0.3 is 0 Å². The monoisotopic (exact) mass is 296 g/mol. The molecule has 0 saturated carbocycles. The molecule has 2 fully saturated rings. The van der Waals surface area contributed by atoms with Gasteiger partial charge in [0.15, 0.2) is 6.04 Å². The van der Waals surface area contributed by atoms with Crippen LogP contribution >= 0.6 is 0 Å². The number of nitrogens with zero attached hydrogens (tertiary/aromatic N) is 1. The summed E-state index contributed by atoms with van der Waals surface area (Å²) in [5.41, 5.74) is 5.37. The van der Waals surface area contributed by atoms with Crippen LogP contribution in [0.2, 0.25) is 0 Å². The first-order chi connectivity index (χ1) is 9.88. The smallest absolute Gasteiger partial charge is 0.280 e. The molecule has 120 valence electrons. The molecule has 0 aromatic carbocycles.